The Balaban J connectivity index is 2.35. The molecule has 0 aromatic carbocycles. The Morgan fingerprint density at radius 1 is 0.938 bits per heavy atom. The van der Waals surface area contributed by atoms with Crippen LogP contribution >= 0.6 is 0 Å². The SMILES string of the molecule is CC1=C(C)C(=O)N(CCCCCCO)C1=O. The van der Waals surface area contributed by atoms with Crippen molar-refractivity contribution in [1.29, 1.82) is 0 Å². The molecule has 16 heavy (non-hydrogen) atoms. The number of unbranched alkanes of at least 4 members (excludes halogenated alkanes) is 3. The van der Waals surface area contributed by atoms with Gasteiger partial charge in [0.15, 0.2) is 0 Å². The van der Waals surface area contributed by atoms with Gasteiger partial charge in [-0.25, -0.2) is 0 Å². The van der Waals surface area contributed by atoms with E-state index in [9.17, 15) is 9.59 Å². The molecule has 0 aromatic heterocycles. The highest BCUT2D eigenvalue weighted by Crippen LogP contribution is 2.20. The van der Waals surface area contributed by atoms with Crippen molar-refractivity contribution in [1.82, 2.24) is 4.90 Å². The van der Waals surface area contributed by atoms with Crippen molar-refractivity contribution < 1.29 is 14.7 Å². The summed E-state index contributed by atoms with van der Waals surface area (Å²) in [5.41, 5.74) is 1.14. The number of imide groups is 1. The molecule has 0 atom stereocenters. The van der Waals surface area contributed by atoms with Gasteiger partial charge in [0.05, 0.1) is 0 Å². The number of carbonyl (C=O) groups excluding carboxylic acids is 2. The summed E-state index contributed by atoms with van der Waals surface area (Å²) >= 11 is 0. The Kier molecular flexibility index (Phi) is 4.68. The van der Waals surface area contributed by atoms with E-state index >= 15 is 0 Å². The fourth-order valence-corrected chi connectivity index (χ4v) is 1.76. The summed E-state index contributed by atoms with van der Waals surface area (Å²) in [6, 6.07) is 0. The third kappa shape index (κ3) is 2.70. The Hall–Kier alpha value is -1.16. The second-order valence-electron chi connectivity index (χ2n) is 4.15. The zero-order chi connectivity index (χ0) is 12.1. The van der Waals surface area contributed by atoms with Crippen molar-refractivity contribution in [3.63, 3.8) is 0 Å². The summed E-state index contributed by atoms with van der Waals surface area (Å²) in [7, 11) is 0. The number of hydrogen-bond donors (Lipinski definition) is 1. The van der Waals surface area contributed by atoms with Gasteiger partial charge in [-0.15, -0.1) is 0 Å². The molecule has 0 saturated carbocycles. The molecule has 0 bridgehead atoms. The van der Waals surface area contributed by atoms with Crippen molar-refractivity contribution in [2.45, 2.75) is 39.5 Å². The molecule has 0 fully saturated rings. The van der Waals surface area contributed by atoms with Crippen LogP contribution in [0.2, 0.25) is 0 Å². The summed E-state index contributed by atoms with van der Waals surface area (Å²) in [6.45, 7) is 4.10. The number of aliphatic hydroxyl groups is 1. The third-order valence-electron chi connectivity index (χ3n) is 2.98. The van der Waals surface area contributed by atoms with Gasteiger partial charge in [0.25, 0.3) is 11.8 Å². The second-order valence-corrected chi connectivity index (χ2v) is 4.15. The molecule has 1 heterocycles. The maximum atomic E-state index is 11.7. The predicted octanol–water partition coefficient (Wildman–Crippen LogP) is 1.24. The highest BCUT2D eigenvalue weighted by Gasteiger charge is 2.32. The Morgan fingerprint density at radius 2 is 1.44 bits per heavy atom. The Bertz CT molecular complexity index is 296. The molecule has 1 aliphatic heterocycles. The topological polar surface area (TPSA) is 57.6 Å². The number of rotatable bonds is 6. The lowest BCUT2D eigenvalue weighted by Gasteiger charge is -2.14. The molecule has 4 heteroatoms. The van der Waals surface area contributed by atoms with E-state index in [0.29, 0.717) is 17.7 Å². The number of carbonyl (C=O) groups is 2. The highest BCUT2D eigenvalue weighted by atomic mass is 16.3. The molecule has 2 amide bonds. The maximum Gasteiger partial charge on any atom is 0.256 e. The smallest absolute Gasteiger partial charge is 0.256 e. The molecular formula is C12H19NO3. The first-order valence-electron chi connectivity index (χ1n) is 5.74. The van der Waals surface area contributed by atoms with Gasteiger partial charge in [0, 0.05) is 24.3 Å². The number of nitrogens with zero attached hydrogens (tertiary/aromatic N) is 1. The average Bonchev–Trinajstić information content (AvgIpc) is 2.46. The first kappa shape index (κ1) is 12.9. The zero-order valence-electron chi connectivity index (χ0n) is 9.95. The van der Waals surface area contributed by atoms with Gasteiger partial charge < -0.3 is 5.11 Å². The van der Waals surface area contributed by atoms with Gasteiger partial charge in [-0.3, -0.25) is 14.5 Å². The summed E-state index contributed by atoms with van der Waals surface area (Å²) in [5.74, 6) is -0.297. The van der Waals surface area contributed by atoms with E-state index in [1.165, 1.54) is 4.90 Å². The van der Waals surface area contributed by atoms with Crippen LogP contribution in [0.1, 0.15) is 39.5 Å². The molecule has 0 unspecified atom stereocenters. The van der Waals surface area contributed by atoms with Gasteiger partial charge in [0.2, 0.25) is 0 Å². The molecule has 0 spiro atoms. The molecule has 90 valence electrons. The van der Waals surface area contributed by atoms with Crippen LogP contribution in [0.5, 0.6) is 0 Å². The van der Waals surface area contributed by atoms with Crippen LogP contribution in [-0.4, -0.2) is 35.0 Å². The van der Waals surface area contributed by atoms with E-state index in [1.807, 2.05) is 0 Å². The van der Waals surface area contributed by atoms with Gasteiger partial charge >= 0.3 is 0 Å². The van der Waals surface area contributed by atoms with Crippen molar-refractivity contribution >= 4 is 11.8 Å². The van der Waals surface area contributed by atoms with E-state index < -0.39 is 0 Å². The third-order valence-corrected chi connectivity index (χ3v) is 2.98. The molecule has 1 rings (SSSR count). The molecule has 0 saturated heterocycles. The van der Waals surface area contributed by atoms with E-state index in [4.69, 9.17) is 5.11 Å². The van der Waals surface area contributed by atoms with Crippen LogP contribution in [-0.2, 0) is 9.59 Å². The highest BCUT2D eigenvalue weighted by molar-refractivity contribution is 6.18. The first-order chi connectivity index (χ1) is 7.59. The number of amides is 2. The molecular weight excluding hydrogens is 206 g/mol. The van der Waals surface area contributed by atoms with Crippen LogP contribution in [0, 0.1) is 0 Å². The largest absolute Gasteiger partial charge is 0.396 e. The normalized spacial score (nSPS) is 16.6. The lowest BCUT2D eigenvalue weighted by Crippen LogP contribution is -2.32. The number of aliphatic hydroxyl groups excluding tert-OH is 1. The minimum absolute atomic E-state index is 0.148. The van der Waals surface area contributed by atoms with Crippen molar-refractivity contribution in [3.05, 3.63) is 11.1 Å². The quantitative estimate of drug-likeness (QED) is 0.546. The minimum atomic E-state index is -0.148. The predicted molar refractivity (Wildman–Crippen MR) is 60.6 cm³/mol. The van der Waals surface area contributed by atoms with E-state index in [0.717, 1.165) is 25.7 Å². The van der Waals surface area contributed by atoms with Gasteiger partial charge in [-0.1, -0.05) is 12.8 Å². The van der Waals surface area contributed by atoms with Crippen molar-refractivity contribution in [2.24, 2.45) is 0 Å². The van der Waals surface area contributed by atoms with Gasteiger partial charge in [-0.2, -0.15) is 0 Å². The van der Waals surface area contributed by atoms with Crippen LogP contribution in [0.3, 0.4) is 0 Å². The Morgan fingerprint density at radius 3 is 1.94 bits per heavy atom. The van der Waals surface area contributed by atoms with E-state index in [-0.39, 0.29) is 18.4 Å². The summed E-state index contributed by atoms with van der Waals surface area (Å²) < 4.78 is 0. The van der Waals surface area contributed by atoms with Crippen LogP contribution in [0.15, 0.2) is 11.1 Å². The fourth-order valence-electron chi connectivity index (χ4n) is 1.76. The zero-order valence-corrected chi connectivity index (χ0v) is 9.95. The summed E-state index contributed by atoms with van der Waals surface area (Å²) in [5, 5.41) is 8.61. The fraction of sp³-hybridized carbons (Fsp3) is 0.667. The molecule has 1 N–H and O–H groups in total. The van der Waals surface area contributed by atoms with E-state index in [2.05, 4.69) is 0 Å². The van der Waals surface area contributed by atoms with Crippen LogP contribution in [0.4, 0.5) is 0 Å². The lowest BCUT2D eigenvalue weighted by atomic mass is 10.2. The standard InChI is InChI=1S/C12H19NO3/c1-9-10(2)12(16)13(11(9)15)7-5-3-4-6-8-14/h14H,3-8H2,1-2H3. The van der Waals surface area contributed by atoms with Crippen LogP contribution < -0.4 is 0 Å². The summed E-state index contributed by atoms with van der Waals surface area (Å²) in [6.07, 6.45) is 3.49. The van der Waals surface area contributed by atoms with Crippen molar-refractivity contribution in [2.75, 3.05) is 13.2 Å². The van der Waals surface area contributed by atoms with Gasteiger partial charge in [-0.05, 0) is 26.7 Å². The minimum Gasteiger partial charge on any atom is -0.396 e. The van der Waals surface area contributed by atoms with E-state index in [1.54, 1.807) is 13.8 Å². The lowest BCUT2D eigenvalue weighted by molar-refractivity contribution is -0.137. The van der Waals surface area contributed by atoms with Crippen molar-refractivity contribution in [3.8, 4) is 0 Å². The molecule has 1 aliphatic rings. The molecule has 4 nitrogen and oxygen atoms in total. The molecule has 0 radical (unpaired) electrons. The second kappa shape index (κ2) is 5.80. The monoisotopic (exact) mass is 225 g/mol. The van der Waals surface area contributed by atoms with Crippen LogP contribution in [0.25, 0.3) is 0 Å². The molecule has 0 aromatic rings. The average molecular weight is 225 g/mol. The summed E-state index contributed by atoms with van der Waals surface area (Å²) in [4.78, 5) is 24.6. The number of hydrogen-bond acceptors (Lipinski definition) is 3. The molecule has 0 aliphatic carbocycles. The van der Waals surface area contributed by atoms with Gasteiger partial charge in [0.1, 0.15) is 0 Å². The Labute approximate surface area is 95.9 Å². The first-order valence-corrected chi connectivity index (χ1v) is 5.74. The maximum absolute atomic E-state index is 11.7.